The molecular formula is C11H9ClN2O. The van der Waals surface area contributed by atoms with E-state index in [4.69, 9.17) is 17.3 Å². The molecule has 0 aliphatic rings. The number of halogens is 1. The minimum absolute atomic E-state index is 0.102. The van der Waals surface area contributed by atoms with Gasteiger partial charge in [-0.2, -0.15) is 0 Å². The molecule has 0 bridgehead atoms. The maximum atomic E-state index is 9.70. The molecule has 0 aliphatic carbocycles. The first-order valence-corrected chi connectivity index (χ1v) is 4.75. The number of benzene rings is 1. The van der Waals surface area contributed by atoms with Gasteiger partial charge in [0.15, 0.2) is 0 Å². The van der Waals surface area contributed by atoms with Gasteiger partial charge in [-0.1, -0.05) is 17.7 Å². The third kappa shape index (κ3) is 1.74. The SMILES string of the molecule is Nc1cccc(O)c1-c1cnccc1Cl. The van der Waals surface area contributed by atoms with E-state index in [2.05, 4.69) is 4.98 Å². The van der Waals surface area contributed by atoms with Gasteiger partial charge in [-0.25, -0.2) is 0 Å². The second kappa shape index (κ2) is 3.79. The molecule has 0 aliphatic heterocycles. The number of hydrogen-bond donors (Lipinski definition) is 2. The lowest BCUT2D eigenvalue weighted by Crippen LogP contribution is -1.91. The van der Waals surface area contributed by atoms with Crippen molar-refractivity contribution in [2.24, 2.45) is 0 Å². The number of rotatable bonds is 1. The Kier molecular flexibility index (Phi) is 2.47. The molecule has 1 aromatic heterocycles. The number of nitrogens with two attached hydrogens (primary N) is 1. The molecule has 1 heterocycles. The highest BCUT2D eigenvalue weighted by molar-refractivity contribution is 6.33. The van der Waals surface area contributed by atoms with Crippen molar-refractivity contribution in [3.05, 3.63) is 41.7 Å². The number of nitrogens with zero attached hydrogens (tertiary/aromatic N) is 1. The normalized spacial score (nSPS) is 10.2. The first-order chi connectivity index (χ1) is 7.20. The summed E-state index contributed by atoms with van der Waals surface area (Å²) in [4.78, 5) is 3.95. The second-order valence-electron chi connectivity index (χ2n) is 3.10. The zero-order chi connectivity index (χ0) is 10.8. The Morgan fingerprint density at radius 1 is 1.27 bits per heavy atom. The molecule has 0 unspecified atom stereocenters. The predicted molar refractivity (Wildman–Crippen MR) is 60.8 cm³/mol. The van der Waals surface area contributed by atoms with Crippen molar-refractivity contribution in [1.82, 2.24) is 4.98 Å². The molecular weight excluding hydrogens is 212 g/mol. The number of hydrogen-bond acceptors (Lipinski definition) is 3. The van der Waals surface area contributed by atoms with Crippen LogP contribution in [0.1, 0.15) is 0 Å². The average Bonchev–Trinajstić information content (AvgIpc) is 2.20. The molecule has 1 aromatic carbocycles. The second-order valence-corrected chi connectivity index (χ2v) is 3.50. The molecule has 0 spiro atoms. The van der Waals surface area contributed by atoms with E-state index in [9.17, 15) is 5.11 Å². The molecule has 2 rings (SSSR count). The fourth-order valence-corrected chi connectivity index (χ4v) is 1.61. The maximum absolute atomic E-state index is 9.70. The van der Waals surface area contributed by atoms with Gasteiger partial charge in [-0.3, -0.25) is 4.98 Å². The lowest BCUT2D eigenvalue weighted by Gasteiger charge is -2.08. The van der Waals surface area contributed by atoms with Gasteiger partial charge in [0.2, 0.25) is 0 Å². The number of phenols is 1. The largest absolute Gasteiger partial charge is 0.507 e. The van der Waals surface area contributed by atoms with Crippen molar-refractivity contribution in [2.45, 2.75) is 0 Å². The van der Waals surface area contributed by atoms with Crippen LogP contribution in [-0.4, -0.2) is 10.1 Å². The summed E-state index contributed by atoms with van der Waals surface area (Å²) >= 11 is 6.00. The monoisotopic (exact) mass is 220 g/mol. The van der Waals surface area contributed by atoms with Crippen LogP contribution in [0.3, 0.4) is 0 Å². The van der Waals surface area contributed by atoms with E-state index >= 15 is 0 Å². The van der Waals surface area contributed by atoms with E-state index in [1.54, 1.807) is 36.7 Å². The molecule has 0 atom stereocenters. The molecule has 15 heavy (non-hydrogen) atoms. The molecule has 4 heteroatoms. The first kappa shape index (κ1) is 9.80. The third-order valence-electron chi connectivity index (χ3n) is 2.11. The standard InChI is InChI=1S/C11H9ClN2O/c12-8-4-5-14-6-7(8)11-9(13)2-1-3-10(11)15/h1-6,15H,13H2. The molecule has 2 aromatic rings. The predicted octanol–water partition coefficient (Wildman–Crippen LogP) is 2.69. The molecule has 0 amide bonds. The van der Waals surface area contributed by atoms with Crippen molar-refractivity contribution < 1.29 is 5.11 Å². The highest BCUT2D eigenvalue weighted by Gasteiger charge is 2.11. The summed E-state index contributed by atoms with van der Waals surface area (Å²) in [5.74, 6) is 0.102. The van der Waals surface area contributed by atoms with E-state index in [-0.39, 0.29) is 5.75 Å². The summed E-state index contributed by atoms with van der Waals surface area (Å²) in [6.45, 7) is 0. The summed E-state index contributed by atoms with van der Waals surface area (Å²) in [5.41, 5.74) is 7.41. The number of anilines is 1. The summed E-state index contributed by atoms with van der Waals surface area (Å²) in [6.07, 6.45) is 3.16. The molecule has 0 saturated carbocycles. The number of aromatic nitrogens is 1. The van der Waals surface area contributed by atoms with E-state index in [0.29, 0.717) is 21.8 Å². The van der Waals surface area contributed by atoms with E-state index in [1.807, 2.05) is 0 Å². The zero-order valence-electron chi connectivity index (χ0n) is 7.81. The summed E-state index contributed by atoms with van der Waals surface area (Å²) < 4.78 is 0. The summed E-state index contributed by atoms with van der Waals surface area (Å²) in [5, 5.41) is 10.2. The van der Waals surface area contributed by atoms with Crippen LogP contribution in [0.5, 0.6) is 5.75 Å². The van der Waals surface area contributed by atoms with Crippen molar-refractivity contribution in [2.75, 3.05) is 5.73 Å². The van der Waals surface area contributed by atoms with Crippen LogP contribution < -0.4 is 5.73 Å². The van der Waals surface area contributed by atoms with Crippen LogP contribution in [0.2, 0.25) is 5.02 Å². The van der Waals surface area contributed by atoms with Gasteiger partial charge in [0.25, 0.3) is 0 Å². The third-order valence-corrected chi connectivity index (χ3v) is 2.44. The van der Waals surface area contributed by atoms with E-state index in [1.165, 1.54) is 0 Å². The van der Waals surface area contributed by atoms with Crippen LogP contribution >= 0.6 is 11.6 Å². The van der Waals surface area contributed by atoms with Crippen molar-refractivity contribution in [1.29, 1.82) is 0 Å². The maximum Gasteiger partial charge on any atom is 0.125 e. The lowest BCUT2D eigenvalue weighted by molar-refractivity contribution is 0.477. The van der Waals surface area contributed by atoms with Gasteiger partial charge >= 0.3 is 0 Å². The van der Waals surface area contributed by atoms with Crippen LogP contribution in [0.4, 0.5) is 5.69 Å². The van der Waals surface area contributed by atoms with Gasteiger partial charge in [0, 0.05) is 29.2 Å². The Balaban J connectivity index is 2.69. The first-order valence-electron chi connectivity index (χ1n) is 4.37. The van der Waals surface area contributed by atoms with E-state index < -0.39 is 0 Å². The van der Waals surface area contributed by atoms with Crippen LogP contribution in [0.25, 0.3) is 11.1 Å². The molecule has 0 saturated heterocycles. The Morgan fingerprint density at radius 3 is 2.73 bits per heavy atom. The highest BCUT2D eigenvalue weighted by atomic mass is 35.5. The Bertz CT molecular complexity index is 479. The summed E-state index contributed by atoms with van der Waals surface area (Å²) in [7, 11) is 0. The highest BCUT2D eigenvalue weighted by Crippen LogP contribution is 2.37. The van der Waals surface area contributed by atoms with Crippen LogP contribution in [0, 0.1) is 0 Å². The smallest absolute Gasteiger partial charge is 0.125 e. The summed E-state index contributed by atoms with van der Waals surface area (Å²) in [6, 6.07) is 6.61. The number of pyridine rings is 1. The van der Waals surface area contributed by atoms with Crippen molar-refractivity contribution in [3.63, 3.8) is 0 Å². The Labute approximate surface area is 92.1 Å². The van der Waals surface area contributed by atoms with Gasteiger partial charge in [0.1, 0.15) is 5.75 Å². The molecule has 0 radical (unpaired) electrons. The fraction of sp³-hybridized carbons (Fsp3) is 0. The average molecular weight is 221 g/mol. The zero-order valence-corrected chi connectivity index (χ0v) is 8.57. The molecule has 76 valence electrons. The lowest BCUT2D eigenvalue weighted by atomic mass is 10.0. The van der Waals surface area contributed by atoms with Gasteiger partial charge < -0.3 is 10.8 Å². The Hall–Kier alpha value is -1.74. The van der Waals surface area contributed by atoms with Gasteiger partial charge in [0.05, 0.1) is 5.02 Å². The fourth-order valence-electron chi connectivity index (χ4n) is 1.41. The number of nitrogen functional groups attached to an aromatic ring is 1. The van der Waals surface area contributed by atoms with Crippen molar-refractivity contribution in [3.8, 4) is 16.9 Å². The van der Waals surface area contributed by atoms with Crippen LogP contribution in [-0.2, 0) is 0 Å². The number of phenolic OH excluding ortho intramolecular Hbond substituents is 1. The van der Waals surface area contributed by atoms with Gasteiger partial charge in [-0.05, 0) is 18.2 Å². The molecule has 3 N–H and O–H groups in total. The number of aromatic hydroxyl groups is 1. The topological polar surface area (TPSA) is 59.1 Å². The Morgan fingerprint density at radius 2 is 2.07 bits per heavy atom. The van der Waals surface area contributed by atoms with Crippen LogP contribution in [0.15, 0.2) is 36.7 Å². The van der Waals surface area contributed by atoms with Crippen molar-refractivity contribution >= 4 is 17.3 Å². The molecule has 3 nitrogen and oxygen atoms in total. The molecule has 0 fully saturated rings. The minimum Gasteiger partial charge on any atom is -0.507 e. The minimum atomic E-state index is 0.102. The van der Waals surface area contributed by atoms with Gasteiger partial charge in [-0.15, -0.1) is 0 Å². The van der Waals surface area contributed by atoms with E-state index in [0.717, 1.165) is 0 Å². The quantitative estimate of drug-likeness (QED) is 0.727.